The summed E-state index contributed by atoms with van der Waals surface area (Å²) in [6.07, 6.45) is 1.59. The Morgan fingerprint density at radius 1 is 1.12 bits per heavy atom. The third-order valence-corrected chi connectivity index (χ3v) is 5.95. The van der Waals surface area contributed by atoms with E-state index in [0.717, 1.165) is 21.8 Å². The van der Waals surface area contributed by atoms with E-state index in [0.29, 0.717) is 10.1 Å². The molecule has 0 aliphatic heterocycles. The molecule has 2 aromatic carbocycles. The lowest BCUT2D eigenvalue weighted by molar-refractivity contribution is -0.118. The van der Waals surface area contributed by atoms with Crippen LogP contribution in [0.15, 0.2) is 71.8 Å². The highest BCUT2D eigenvalue weighted by atomic mass is 35.5. The van der Waals surface area contributed by atoms with Crippen molar-refractivity contribution >= 4 is 46.8 Å². The van der Waals surface area contributed by atoms with Gasteiger partial charge in [0.25, 0.3) is 0 Å². The van der Waals surface area contributed by atoms with Crippen LogP contribution in [-0.4, -0.2) is 17.9 Å². The molecule has 3 nitrogen and oxygen atoms in total. The Balaban J connectivity index is 1.49. The van der Waals surface area contributed by atoms with Gasteiger partial charge in [-0.25, -0.2) is 5.43 Å². The maximum absolute atomic E-state index is 11.9. The molecule has 0 radical (unpaired) electrons. The molecular weight excluding hydrogens is 384 g/mol. The maximum Gasteiger partial charge on any atom is 0.250 e. The van der Waals surface area contributed by atoms with Crippen molar-refractivity contribution in [3.05, 3.63) is 82.2 Å². The average molecular weight is 401 g/mol. The number of nitrogens with zero attached hydrogens (tertiary/aromatic N) is 1. The van der Waals surface area contributed by atoms with Crippen molar-refractivity contribution < 1.29 is 4.79 Å². The lowest BCUT2D eigenvalue weighted by atomic mass is 10.2. The molecule has 1 aromatic heterocycles. The predicted octanol–water partition coefficient (Wildman–Crippen LogP) is 5.45. The van der Waals surface area contributed by atoms with E-state index >= 15 is 0 Å². The zero-order valence-electron chi connectivity index (χ0n) is 13.9. The summed E-state index contributed by atoms with van der Waals surface area (Å²) in [5, 5.41) is 4.02. The summed E-state index contributed by atoms with van der Waals surface area (Å²) in [7, 11) is 0. The van der Waals surface area contributed by atoms with Crippen LogP contribution in [0, 0.1) is 0 Å². The van der Waals surface area contributed by atoms with Crippen LogP contribution in [0.4, 0.5) is 0 Å². The topological polar surface area (TPSA) is 41.5 Å². The maximum atomic E-state index is 11.9. The minimum atomic E-state index is -0.128. The smallest absolute Gasteiger partial charge is 0.250 e. The summed E-state index contributed by atoms with van der Waals surface area (Å²) < 4.78 is 0.653. The van der Waals surface area contributed by atoms with Gasteiger partial charge in [0, 0.05) is 16.2 Å². The number of benzene rings is 2. The molecule has 0 unspecified atom stereocenters. The molecule has 0 aliphatic carbocycles. The zero-order chi connectivity index (χ0) is 18.2. The Labute approximate surface area is 166 Å². The van der Waals surface area contributed by atoms with E-state index in [1.807, 2.05) is 66.7 Å². The second-order valence-electron chi connectivity index (χ2n) is 5.48. The summed E-state index contributed by atoms with van der Waals surface area (Å²) in [5.74, 6) is 1.03. The fraction of sp³-hybridized carbons (Fsp3) is 0.100. The van der Waals surface area contributed by atoms with E-state index in [4.69, 9.17) is 11.6 Å². The van der Waals surface area contributed by atoms with E-state index < -0.39 is 0 Å². The number of hydrazone groups is 1. The van der Waals surface area contributed by atoms with Gasteiger partial charge in [-0.1, -0.05) is 72.3 Å². The zero-order valence-corrected chi connectivity index (χ0v) is 16.3. The van der Waals surface area contributed by atoms with Gasteiger partial charge in [-0.15, -0.1) is 23.1 Å². The van der Waals surface area contributed by atoms with Gasteiger partial charge in [0.2, 0.25) is 5.91 Å². The summed E-state index contributed by atoms with van der Waals surface area (Å²) in [5.41, 5.74) is 5.66. The number of thiophene rings is 1. The molecule has 0 spiro atoms. The van der Waals surface area contributed by atoms with Crippen LogP contribution in [0.3, 0.4) is 0 Å². The van der Waals surface area contributed by atoms with Gasteiger partial charge in [0.1, 0.15) is 4.34 Å². The van der Waals surface area contributed by atoms with Crippen molar-refractivity contribution in [2.75, 3.05) is 5.75 Å². The van der Waals surface area contributed by atoms with Gasteiger partial charge in [0.05, 0.1) is 12.0 Å². The molecule has 132 valence electrons. The molecular formula is C20H17ClN2OS2. The Hall–Kier alpha value is -2.08. The average Bonchev–Trinajstić information content (AvgIpc) is 3.04. The number of rotatable bonds is 7. The highest BCUT2D eigenvalue weighted by molar-refractivity contribution is 7.99. The number of hydrogen-bond donors (Lipinski definition) is 1. The number of thioether (sulfide) groups is 1. The first-order valence-corrected chi connectivity index (χ1v) is 10.4. The monoisotopic (exact) mass is 400 g/mol. The fourth-order valence-corrected chi connectivity index (χ4v) is 4.25. The van der Waals surface area contributed by atoms with Crippen LogP contribution in [-0.2, 0) is 10.5 Å². The molecule has 0 bridgehead atoms. The molecule has 1 amide bonds. The SMILES string of the molecule is O=C(CSCc1ccccc1)N/N=C/c1cc(-c2ccccc2)sc1Cl. The molecule has 1 heterocycles. The van der Waals surface area contributed by atoms with Crippen molar-refractivity contribution in [3.63, 3.8) is 0 Å². The quantitative estimate of drug-likeness (QED) is 0.423. The minimum absolute atomic E-state index is 0.128. The van der Waals surface area contributed by atoms with E-state index in [2.05, 4.69) is 10.5 Å². The van der Waals surface area contributed by atoms with Gasteiger partial charge in [-0.05, 0) is 17.2 Å². The Kier molecular flexibility index (Phi) is 6.89. The normalized spacial score (nSPS) is 11.0. The fourth-order valence-electron chi connectivity index (χ4n) is 2.26. The Morgan fingerprint density at radius 3 is 2.54 bits per heavy atom. The first-order valence-electron chi connectivity index (χ1n) is 8.01. The Morgan fingerprint density at radius 2 is 1.81 bits per heavy atom. The lowest BCUT2D eigenvalue weighted by Gasteiger charge is -2.01. The summed E-state index contributed by atoms with van der Waals surface area (Å²) in [4.78, 5) is 12.9. The summed E-state index contributed by atoms with van der Waals surface area (Å²) >= 11 is 9.32. The molecule has 1 N–H and O–H groups in total. The standard InChI is InChI=1S/C20H17ClN2OS2/c21-20-17(11-18(26-20)16-9-5-2-6-10-16)12-22-23-19(24)14-25-13-15-7-3-1-4-8-15/h1-12H,13-14H2,(H,23,24)/b22-12+. The number of carbonyl (C=O) groups excluding carboxylic acids is 1. The van der Waals surface area contributed by atoms with Crippen LogP contribution in [0.25, 0.3) is 10.4 Å². The van der Waals surface area contributed by atoms with Gasteiger partial charge in [0.15, 0.2) is 0 Å². The van der Waals surface area contributed by atoms with E-state index in [1.54, 1.807) is 18.0 Å². The number of nitrogens with one attached hydrogen (secondary N) is 1. The molecule has 26 heavy (non-hydrogen) atoms. The van der Waals surface area contributed by atoms with Gasteiger partial charge >= 0.3 is 0 Å². The number of halogens is 1. The lowest BCUT2D eigenvalue weighted by Crippen LogP contribution is -2.19. The molecule has 3 aromatic rings. The third-order valence-electron chi connectivity index (χ3n) is 3.51. The summed E-state index contributed by atoms with van der Waals surface area (Å²) in [6, 6.07) is 22.1. The number of hydrogen-bond acceptors (Lipinski definition) is 4. The molecule has 0 fully saturated rings. The third kappa shape index (κ3) is 5.46. The number of carbonyl (C=O) groups is 1. The predicted molar refractivity (Wildman–Crippen MR) is 113 cm³/mol. The van der Waals surface area contributed by atoms with Crippen molar-refractivity contribution in [2.24, 2.45) is 5.10 Å². The molecule has 3 rings (SSSR count). The van der Waals surface area contributed by atoms with Gasteiger partial charge in [-0.3, -0.25) is 4.79 Å². The van der Waals surface area contributed by atoms with Crippen molar-refractivity contribution in [1.82, 2.24) is 5.43 Å². The van der Waals surface area contributed by atoms with Crippen LogP contribution in [0.2, 0.25) is 4.34 Å². The highest BCUT2D eigenvalue weighted by Gasteiger charge is 2.07. The van der Waals surface area contributed by atoms with Crippen molar-refractivity contribution in [1.29, 1.82) is 0 Å². The molecule has 6 heteroatoms. The number of amides is 1. The first kappa shape index (κ1) is 18.7. The largest absolute Gasteiger partial charge is 0.272 e. The Bertz CT molecular complexity index is 879. The molecule has 0 aliphatic rings. The second kappa shape index (κ2) is 9.57. The molecule has 0 saturated carbocycles. The highest BCUT2D eigenvalue weighted by Crippen LogP contribution is 2.33. The molecule has 0 atom stereocenters. The second-order valence-corrected chi connectivity index (χ2v) is 8.12. The van der Waals surface area contributed by atoms with E-state index in [9.17, 15) is 4.79 Å². The van der Waals surface area contributed by atoms with Gasteiger partial charge in [-0.2, -0.15) is 5.10 Å². The summed E-state index contributed by atoms with van der Waals surface area (Å²) in [6.45, 7) is 0. The van der Waals surface area contributed by atoms with Crippen LogP contribution in [0.1, 0.15) is 11.1 Å². The first-order chi connectivity index (χ1) is 12.7. The van der Waals surface area contributed by atoms with Crippen molar-refractivity contribution in [2.45, 2.75) is 5.75 Å². The van der Waals surface area contributed by atoms with Crippen molar-refractivity contribution in [3.8, 4) is 10.4 Å². The van der Waals surface area contributed by atoms with Gasteiger partial charge < -0.3 is 0 Å². The minimum Gasteiger partial charge on any atom is -0.272 e. The van der Waals surface area contributed by atoms with Crippen LogP contribution >= 0.6 is 34.7 Å². The van der Waals surface area contributed by atoms with E-state index in [-0.39, 0.29) is 5.91 Å². The van der Waals surface area contributed by atoms with Crippen LogP contribution in [0.5, 0.6) is 0 Å². The van der Waals surface area contributed by atoms with E-state index in [1.165, 1.54) is 16.9 Å². The molecule has 0 saturated heterocycles. The van der Waals surface area contributed by atoms with Crippen LogP contribution < -0.4 is 5.43 Å².